The number of methoxy groups -OCH3 is 1. The summed E-state index contributed by atoms with van der Waals surface area (Å²) >= 11 is 0. The van der Waals surface area contributed by atoms with Crippen LogP contribution in [0.2, 0.25) is 0 Å². The summed E-state index contributed by atoms with van der Waals surface area (Å²) in [6, 6.07) is 2.22. The average Bonchev–Trinajstić information content (AvgIpc) is 3.07. The molecule has 0 saturated heterocycles. The van der Waals surface area contributed by atoms with Crippen molar-refractivity contribution in [3.8, 4) is 5.75 Å². The Balaban J connectivity index is 2.35. The molecule has 0 radical (unpaired) electrons. The van der Waals surface area contributed by atoms with Crippen LogP contribution < -0.4 is 4.74 Å². The molecular formula is C15H22O2. The Morgan fingerprint density at radius 3 is 2.35 bits per heavy atom. The summed E-state index contributed by atoms with van der Waals surface area (Å²) in [6.07, 6.45) is 3.32. The third kappa shape index (κ3) is 2.19. The van der Waals surface area contributed by atoms with Gasteiger partial charge in [0.05, 0.1) is 7.11 Å². The Kier molecular flexibility index (Phi) is 3.17. The van der Waals surface area contributed by atoms with E-state index in [0.717, 1.165) is 25.0 Å². The van der Waals surface area contributed by atoms with Crippen molar-refractivity contribution in [1.29, 1.82) is 0 Å². The number of aliphatic hydroxyl groups is 1. The summed E-state index contributed by atoms with van der Waals surface area (Å²) in [7, 11) is 1.73. The van der Waals surface area contributed by atoms with E-state index >= 15 is 0 Å². The Labute approximate surface area is 104 Å². The molecule has 1 saturated carbocycles. The Bertz CT molecular complexity index is 431. The molecule has 2 heteroatoms. The zero-order valence-corrected chi connectivity index (χ0v) is 11.3. The van der Waals surface area contributed by atoms with Crippen molar-refractivity contribution in [3.05, 3.63) is 28.3 Å². The van der Waals surface area contributed by atoms with E-state index in [2.05, 4.69) is 26.8 Å². The lowest BCUT2D eigenvalue weighted by atomic mass is 9.90. The molecule has 2 nitrogen and oxygen atoms in total. The van der Waals surface area contributed by atoms with Crippen LogP contribution in [-0.4, -0.2) is 18.8 Å². The van der Waals surface area contributed by atoms with Crippen molar-refractivity contribution in [2.75, 3.05) is 13.7 Å². The maximum Gasteiger partial charge on any atom is 0.124 e. The molecule has 0 bridgehead atoms. The van der Waals surface area contributed by atoms with Crippen molar-refractivity contribution < 1.29 is 9.84 Å². The van der Waals surface area contributed by atoms with Crippen molar-refractivity contribution in [2.45, 2.75) is 40.0 Å². The van der Waals surface area contributed by atoms with E-state index in [1.165, 1.54) is 22.3 Å². The van der Waals surface area contributed by atoms with Gasteiger partial charge in [0.1, 0.15) is 5.75 Å². The Hall–Kier alpha value is -1.02. The first-order valence-electron chi connectivity index (χ1n) is 6.27. The lowest BCUT2D eigenvalue weighted by Gasteiger charge is -2.18. The first-order valence-corrected chi connectivity index (χ1v) is 6.27. The van der Waals surface area contributed by atoms with Crippen LogP contribution in [0.5, 0.6) is 5.75 Å². The van der Waals surface area contributed by atoms with Crippen molar-refractivity contribution >= 4 is 0 Å². The fourth-order valence-corrected chi connectivity index (χ4v) is 2.61. The zero-order chi connectivity index (χ0) is 12.6. The normalized spacial score (nSPS) is 17.0. The smallest absolute Gasteiger partial charge is 0.124 e. The van der Waals surface area contributed by atoms with Crippen LogP contribution in [-0.2, 0) is 6.42 Å². The van der Waals surface area contributed by atoms with Gasteiger partial charge in [-0.1, -0.05) is 6.07 Å². The fraction of sp³-hybridized carbons (Fsp3) is 0.600. The van der Waals surface area contributed by atoms with Gasteiger partial charge in [-0.2, -0.15) is 0 Å². The number of aliphatic hydroxyl groups excluding tert-OH is 1. The van der Waals surface area contributed by atoms with Crippen LogP contribution in [0.3, 0.4) is 0 Å². The molecule has 1 N–H and O–H groups in total. The predicted octanol–water partition coefficient (Wildman–Crippen LogP) is 2.94. The third-order valence-corrected chi connectivity index (χ3v) is 4.20. The lowest BCUT2D eigenvalue weighted by molar-refractivity contribution is 0.211. The summed E-state index contributed by atoms with van der Waals surface area (Å²) in [5.41, 5.74) is 5.29. The third-order valence-electron chi connectivity index (χ3n) is 4.20. The molecule has 0 heterocycles. The first-order chi connectivity index (χ1) is 8.03. The fourth-order valence-electron chi connectivity index (χ4n) is 2.61. The van der Waals surface area contributed by atoms with Gasteiger partial charge in [0, 0.05) is 6.61 Å². The van der Waals surface area contributed by atoms with Crippen molar-refractivity contribution in [2.24, 2.45) is 5.41 Å². The standard InChI is InChI=1S/C15H22O2/c1-10-7-13(8-15(9-16)5-6-15)11(2)12(3)14(10)17-4/h7,16H,5-6,8-9H2,1-4H3. The summed E-state index contributed by atoms with van der Waals surface area (Å²) in [5, 5.41) is 9.42. The highest BCUT2D eigenvalue weighted by molar-refractivity contribution is 5.49. The maximum atomic E-state index is 9.42. The highest BCUT2D eigenvalue weighted by Crippen LogP contribution is 2.48. The Morgan fingerprint density at radius 2 is 1.88 bits per heavy atom. The minimum atomic E-state index is 0.179. The summed E-state index contributed by atoms with van der Waals surface area (Å²) in [5.74, 6) is 1.00. The van der Waals surface area contributed by atoms with Crippen molar-refractivity contribution in [1.82, 2.24) is 0 Å². The van der Waals surface area contributed by atoms with Gasteiger partial charge in [0.25, 0.3) is 0 Å². The molecule has 0 aromatic heterocycles. The molecular weight excluding hydrogens is 212 g/mol. The van der Waals surface area contributed by atoms with Gasteiger partial charge in [-0.25, -0.2) is 0 Å². The summed E-state index contributed by atoms with van der Waals surface area (Å²) in [4.78, 5) is 0. The van der Waals surface area contributed by atoms with Crippen LogP contribution in [0, 0.1) is 26.2 Å². The van der Waals surface area contributed by atoms with Crippen molar-refractivity contribution in [3.63, 3.8) is 0 Å². The quantitative estimate of drug-likeness (QED) is 0.868. The van der Waals surface area contributed by atoms with E-state index < -0.39 is 0 Å². The topological polar surface area (TPSA) is 29.5 Å². The van der Waals surface area contributed by atoms with E-state index in [9.17, 15) is 5.11 Å². The van der Waals surface area contributed by atoms with E-state index in [-0.39, 0.29) is 5.41 Å². The molecule has 0 atom stereocenters. The van der Waals surface area contributed by atoms with Crippen LogP contribution in [0.25, 0.3) is 0 Å². The second kappa shape index (κ2) is 4.34. The van der Waals surface area contributed by atoms with E-state index in [1.807, 2.05) is 0 Å². The van der Waals surface area contributed by atoms with Gasteiger partial charge >= 0.3 is 0 Å². The number of hydrogen-bond acceptors (Lipinski definition) is 2. The van der Waals surface area contributed by atoms with Crippen LogP contribution in [0.15, 0.2) is 6.07 Å². The highest BCUT2D eigenvalue weighted by atomic mass is 16.5. The van der Waals surface area contributed by atoms with Gasteiger partial charge in [-0.3, -0.25) is 0 Å². The van der Waals surface area contributed by atoms with E-state index in [0.29, 0.717) is 6.61 Å². The number of rotatable bonds is 4. The number of aryl methyl sites for hydroxylation is 1. The molecule has 1 aliphatic carbocycles. The number of hydrogen-bond donors (Lipinski definition) is 1. The largest absolute Gasteiger partial charge is 0.496 e. The average molecular weight is 234 g/mol. The first kappa shape index (κ1) is 12.4. The summed E-state index contributed by atoms with van der Waals surface area (Å²) in [6.45, 7) is 6.67. The van der Waals surface area contributed by atoms with E-state index in [4.69, 9.17) is 4.74 Å². The number of benzene rings is 1. The molecule has 0 unspecified atom stereocenters. The second-order valence-corrected chi connectivity index (χ2v) is 5.47. The molecule has 1 aromatic carbocycles. The molecule has 0 amide bonds. The highest BCUT2D eigenvalue weighted by Gasteiger charge is 2.42. The lowest BCUT2D eigenvalue weighted by Crippen LogP contribution is -2.12. The van der Waals surface area contributed by atoms with Gasteiger partial charge in [-0.15, -0.1) is 0 Å². The van der Waals surface area contributed by atoms with E-state index in [1.54, 1.807) is 7.11 Å². The van der Waals surface area contributed by atoms with Crippen LogP contribution in [0.1, 0.15) is 35.1 Å². The molecule has 2 rings (SSSR count). The Morgan fingerprint density at radius 1 is 1.24 bits per heavy atom. The van der Waals surface area contributed by atoms with Gasteiger partial charge in [-0.05, 0) is 67.7 Å². The second-order valence-electron chi connectivity index (χ2n) is 5.47. The molecule has 0 spiro atoms. The van der Waals surface area contributed by atoms with Gasteiger partial charge in [0.15, 0.2) is 0 Å². The van der Waals surface area contributed by atoms with Crippen LogP contribution in [0.4, 0.5) is 0 Å². The molecule has 1 aromatic rings. The maximum absolute atomic E-state index is 9.42. The molecule has 0 aliphatic heterocycles. The zero-order valence-electron chi connectivity index (χ0n) is 11.3. The van der Waals surface area contributed by atoms with Crippen LogP contribution >= 0.6 is 0 Å². The minimum absolute atomic E-state index is 0.179. The van der Waals surface area contributed by atoms with Gasteiger partial charge in [0.2, 0.25) is 0 Å². The van der Waals surface area contributed by atoms with Gasteiger partial charge < -0.3 is 9.84 Å². The molecule has 94 valence electrons. The minimum Gasteiger partial charge on any atom is -0.496 e. The molecule has 1 fully saturated rings. The summed E-state index contributed by atoms with van der Waals surface area (Å²) < 4.78 is 5.43. The molecule has 17 heavy (non-hydrogen) atoms. The molecule has 1 aliphatic rings. The predicted molar refractivity (Wildman–Crippen MR) is 69.7 cm³/mol. The number of ether oxygens (including phenoxy) is 1. The monoisotopic (exact) mass is 234 g/mol. The SMILES string of the molecule is COc1c(C)cc(CC2(CO)CC2)c(C)c1C.